The van der Waals surface area contributed by atoms with Crippen LogP contribution in [0.5, 0.6) is 0 Å². The number of amides is 1. The Bertz CT molecular complexity index is 450. The Morgan fingerprint density at radius 3 is 2.90 bits per heavy atom. The van der Waals surface area contributed by atoms with Crippen molar-refractivity contribution in [2.75, 3.05) is 25.6 Å². The lowest BCUT2D eigenvalue weighted by Gasteiger charge is -2.28. The monoisotopic (exact) mass is 293 g/mol. The summed E-state index contributed by atoms with van der Waals surface area (Å²) in [6.45, 7) is 0.960. The molecule has 6 nitrogen and oxygen atoms in total. The first-order chi connectivity index (χ1) is 10.2. The third-order valence-electron chi connectivity index (χ3n) is 3.68. The average molecular weight is 293 g/mol. The predicted octanol–water partition coefficient (Wildman–Crippen LogP) is 1.17. The fourth-order valence-corrected chi connectivity index (χ4v) is 2.45. The average Bonchev–Trinajstić information content (AvgIpc) is 2.50. The maximum Gasteiger partial charge on any atom is 0.252 e. The predicted molar refractivity (Wildman–Crippen MR) is 80.3 cm³/mol. The van der Waals surface area contributed by atoms with Crippen LogP contribution in [-0.2, 0) is 4.74 Å². The zero-order valence-electron chi connectivity index (χ0n) is 12.3. The molecule has 1 saturated carbocycles. The first kappa shape index (κ1) is 15.7. The van der Waals surface area contributed by atoms with Crippen LogP contribution in [0.3, 0.4) is 0 Å². The van der Waals surface area contributed by atoms with E-state index in [1.807, 2.05) is 0 Å². The number of nitrogens with zero attached hydrogens (tertiary/aromatic N) is 1. The van der Waals surface area contributed by atoms with Crippen LogP contribution in [0.2, 0.25) is 0 Å². The van der Waals surface area contributed by atoms with Gasteiger partial charge in [-0.1, -0.05) is 12.8 Å². The van der Waals surface area contributed by atoms with Crippen molar-refractivity contribution in [3.63, 3.8) is 0 Å². The molecule has 2 atom stereocenters. The molecule has 6 heteroatoms. The number of aromatic nitrogens is 1. The Balaban J connectivity index is 1.87. The molecule has 21 heavy (non-hydrogen) atoms. The number of carbonyl (C=O) groups is 1. The summed E-state index contributed by atoms with van der Waals surface area (Å²) in [5.74, 6) is 0.526. The molecule has 0 unspecified atom stereocenters. The van der Waals surface area contributed by atoms with Crippen LogP contribution in [0.25, 0.3) is 0 Å². The molecule has 1 aromatic rings. The van der Waals surface area contributed by atoms with E-state index in [0.29, 0.717) is 24.5 Å². The standard InChI is InChI=1S/C15H23N3O3/c1-21-9-8-16-15(20)11-6-7-14(17-10-11)18-12-4-2-3-5-13(12)19/h6-7,10,12-13,19H,2-5,8-9H2,1H3,(H,16,20)(H,17,18)/t12-,13-/m0/s1. The summed E-state index contributed by atoms with van der Waals surface area (Å²) in [6.07, 6.45) is 5.19. The van der Waals surface area contributed by atoms with Gasteiger partial charge in [0, 0.05) is 19.9 Å². The number of aliphatic hydroxyl groups is 1. The molecule has 1 amide bonds. The van der Waals surface area contributed by atoms with Gasteiger partial charge in [0.1, 0.15) is 5.82 Å². The highest BCUT2D eigenvalue weighted by molar-refractivity contribution is 5.94. The molecule has 0 aliphatic heterocycles. The second kappa shape index (κ2) is 7.95. The van der Waals surface area contributed by atoms with Crippen molar-refractivity contribution in [2.45, 2.75) is 37.8 Å². The number of nitrogens with one attached hydrogen (secondary N) is 2. The number of hydrogen-bond donors (Lipinski definition) is 3. The highest BCUT2D eigenvalue weighted by atomic mass is 16.5. The Morgan fingerprint density at radius 1 is 1.43 bits per heavy atom. The Morgan fingerprint density at radius 2 is 2.24 bits per heavy atom. The van der Waals surface area contributed by atoms with Gasteiger partial charge in [-0.05, 0) is 25.0 Å². The molecule has 116 valence electrons. The zero-order chi connectivity index (χ0) is 15.1. The number of aliphatic hydroxyl groups excluding tert-OH is 1. The fraction of sp³-hybridized carbons (Fsp3) is 0.600. The molecular weight excluding hydrogens is 270 g/mol. The van der Waals surface area contributed by atoms with Gasteiger partial charge in [-0.2, -0.15) is 0 Å². The van der Waals surface area contributed by atoms with Crippen molar-refractivity contribution in [3.8, 4) is 0 Å². The van der Waals surface area contributed by atoms with E-state index in [9.17, 15) is 9.90 Å². The number of anilines is 1. The van der Waals surface area contributed by atoms with Gasteiger partial charge in [0.15, 0.2) is 0 Å². The summed E-state index contributed by atoms with van der Waals surface area (Å²) < 4.78 is 4.88. The summed E-state index contributed by atoms with van der Waals surface area (Å²) in [7, 11) is 1.59. The second-order valence-electron chi connectivity index (χ2n) is 5.28. The Hall–Kier alpha value is -1.66. The van der Waals surface area contributed by atoms with Crippen molar-refractivity contribution in [2.24, 2.45) is 0 Å². The lowest BCUT2D eigenvalue weighted by molar-refractivity contribution is 0.0936. The van der Waals surface area contributed by atoms with E-state index in [2.05, 4.69) is 15.6 Å². The van der Waals surface area contributed by atoms with Gasteiger partial charge in [0.25, 0.3) is 5.91 Å². The number of ether oxygens (including phenoxy) is 1. The van der Waals surface area contributed by atoms with Gasteiger partial charge in [-0.15, -0.1) is 0 Å². The van der Waals surface area contributed by atoms with E-state index in [0.717, 1.165) is 25.7 Å². The zero-order valence-corrected chi connectivity index (χ0v) is 12.3. The van der Waals surface area contributed by atoms with Crippen molar-refractivity contribution in [3.05, 3.63) is 23.9 Å². The first-order valence-electron chi connectivity index (χ1n) is 7.38. The molecule has 0 aromatic carbocycles. The topological polar surface area (TPSA) is 83.5 Å². The summed E-state index contributed by atoms with van der Waals surface area (Å²) >= 11 is 0. The molecule has 0 radical (unpaired) electrons. The van der Waals surface area contributed by atoms with Gasteiger partial charge >= 0.3 is 0 Å². The molecular formula is C15H23N3O3. The second-order valence-corrected chi connectivity index (χ2v) is 5.28. The van der Waals surface area contributed by atoms with Crippen LogP contribution in [-0.4, -0.2) is 48.4 Å². The Labute approximate surface area is 124 Å². The maximum absolute atomic E-state index is 11.8. The van der Waals surface area contributed by atoms with Crippen molar-refractivity contribution in [1.82, 2.24) is 10.3 Å². The molecule has 3 N–H and O–H groups in total. The van der Waals surface area contributed by atoms with Gasteiger partial charge in [0.2, 0.25) is 0 Å². The Kier molecular flexibility index (Phi) is 5.95. The van der Waals surface area contributed by atoms with E-state index in [4.69, 9.17) is 4.74 Å². The highest BCUT2D eigenvalue weighted by Crippen LogP contribution is 2.21. The summed E-state index contributed by atoms with van der Waals surface area (Å²) in [4.78, 5) is 16.0. The lowest BCUT2D eigenvalue weighted by Crippen LogP contribution is -2.36. The normalized spacial score (nSPS) is 21.8. The van der Waals surface area contributed by atoms with Gasteiger partial charge in [-0.25, -0.2) is 4.98 Å². The number of carbonyl (C=O) groups excluding carboxylic acids is 1. The van der Waals surface area contributed by atoms with E-state index < -0.39 is 0 Å². The summed E-state index contributed by atoms with van der Waals surface area (Å²) in [5.41, 5.74) is 0.515. The lowest BCUT2D eigenvalue weighted by atomic mass is 9.92. The molecule has 1 heterocycles. The molecule has 1 fully saturated rings. The third-order valence-corrected chi connectivity index (χ3v) is 3.68. The van der Waals surface area contributed by atoms with Crippen LogP contribution in [0, 0.1) is 0 Å². The van der Waals surface area contributed by atoms with E-state index in [1.54, 1.807) is 25.4 Å². The molecule has 1 aliphatic carbocycles. The smallest absolute Gasteiger partial charge is 0.252 e. The first-order valence-corrected chi connectivity index (χ1v) is 7.38. The minimum Gasteiger partial charge on any atom is -0.391 e. The van der Waals surface area contributed by atoms with Crippen LogP contribution in [0.1, 0.15) is 36.0 Å². The van der Waals surface area contributed by atoms with Crippen molar-refractivity contribution < 1.29 is 14.6 Å². The molecule has 0 bridgehead atoms. The van der Waals surface area contributed by atoms with E-state index in [-0.39, 0.29) is 18.1 Å². The molecule has 1 aliphatic rings. The molecule has 1 aromatic heterocycles. The highest BCUT2D eigenvalue weighted by Gasteiger charge is 2.22. The molecule has 0 saturated heterocycles. The van der Waals surface area contributed by atoms with Crippen molar-refractivity contribution >= 4 is 11.7 Å². The maximum atomic E-state index is 11.8. The summed E-state index contributed by atoms with van der Waals surface area (Å²) in [5, 5.41) is 15.9. The van der Waals surface area contributed by atoms with E-state index >= 15 is 0 Å². The fourth-order valence-electron chi connectivity index (χ4n) is 2.45. The van der Waals surface area contributed by atoms with E-state index in [1.165, 1.54) is 0 Å². The molecule has 0 spiro atoms. The minimum absolute atomic E-state index is 0.0487. The number of methoxy groups -OCH3 is 1. The van der Waals surface area contributed by atoms with Gasteiger partial charge in [-0.3, -0.25) is 4.79 Å². The number of pyridine rings is 1. The number of hydrogen-bond acceptors (Lipinski definition) is 5. The van der Waals surface area contributed by atoms with Crippen LogP contribution in [0.4, 0.5) is 5.82 Å². The van der Waals surface area contributed by atoms with Gasteiger partial charge < -0.3 is 20.5 Å². The van der Waals surface area contributed by atoms with Gasteiger partial charge in [0.05, 0.1) is 24.3 Å². The molecule has 2 rings (SSSR count). The van der Waals surface area contributed by atoms with Crippen molar-refractivity contribution in [1.29, 1.82) is 0 Å². The SMILES string of the molecule is COCCNC(=O)c1ccc(N[C@H]2CCCC[C@@H]2O)nc1. The van der Waals surface area contributed by atoms with Crippen LogP contribution in [0.15, 0.2) is 18.3 Å². The number of rotatable bonds is 6. The summed E-state index contributed by atoms with van der Waals surface area (Å²) in [6, 6.07) is 3.55. The largest absolute Gasteiger partial charge is 0.391 e. The minimum atomic E-state index is -0.322. The third kappa shape index (κ3) is 4.68. The van der Waals surface area contributed by atoms with Crippen LogP contribution < -0.4 is 10.6 Å². The quantitative estimate of drug-likeness (QED) is 0.686. The van der Waals surface area contributed by atoms with Crippen LogP contribution >= 0.6 is 0 Å².